The van der Waals surface area contributed by atoms with Gasteiger partial charge in [0.1, 0.15) is 0 Å². The Balaban J connectivity index is 1.68. The van der Waals surface area contributed by atoms with Crippen LogP contribution in [0.5, 0.6) is 0 Å². The van der Waals surface area contributed by atoms with Gasteiger partial charge in [-0.25, -0.2) is 0 Å². The van der Waals surface area contributed by atoms with Crippen molar-refractivity contribution in [3.8, 4) is 9.75 Å². The highest BCUT2D eigenvalue weighted by atomic mass is 79.9. The van der Waals surface area contributed by atoms with E-state index in [0.29, 0.717) is 6.61 Å². The number of rotatable bonds is 19. The van der Waals surface area contributed by atoms with E-state index in [-0.39, 0.29) is 0 Å². The summed E-state index contributed by atoms with van der Waals surface area (Å²) in [5, 5.41) is 11.3. The molecule has 0 aliphatic rings. The molecule has 1 nitrogen and oxygen atoms in total. The van der Waals surface area contributed by atoms with Crippen molar-refractivity contribution in [2.75, 3.05) is 6.61 Å². The second kappa shape index (κ2) is 17.2. The Labute approximate surface area is 240 Å². The molecule has 3 aromatic rings. The third kappa shape index (κ3) is 10.0. The van der Waals surface area contributed by atoms with Crippen molar-refractivity contribution in [1.29, 1.82) is 0 Å². The van der Waals surface area contributed by atoms with Crippen molar-refractivity contribution in [2.45, 2.75) is 117 Å². The zero-order chi connectivity index (χ0) is 25.6. The Morgan fingerprint density at radius 1 is 0.694 bits per heavy atom. The molecule has 5 heteroatoms. The smallest absolute Gasteiger partial charge is 0.0737 e. The number of thiophene rings is 3. The van der Waals surface area contributed by atoms with Crippen molar-refractivity contribution in [3.05, 3.63) is 53.8 Å². The van der Waals surface area contributed by atoms with Gasteiger partial charge in [0.25, 0.3) is 0 Å². The number of aliphatic hydroxyl groups excluding tert-OH is 1. The Hall–Kier alpha value is -0.460. The van der Waals surface area contributed by atoms with Crippen LogP contribution in [0.4, 0.5) is 0 Å². The van der Waals surface area contributed by atoms with E-state index in [1.54, 1.807) is 10.4 Å². The van der Waals surface area contributed by atoms with Gasteiger partial charge in [0.2, 0.25) is 0 Å². The lowest BCUT2D eigenvalue weighted by Gasteiger charge is -2.03. The lowest BCUT2D eigenvalue weighted by molar-refractivity contribution is 0.282. The van der Waals surface area contributed by atoms with Crippen LogP contribution < -0.4 is 0 Å². The van der Waals surface area contributed by atoms with Crippen LogP contribution in [-0.4, -0.2) is 11.7 Å². The van der Waals surface area contributed by atoms with Crippen LogP contribution >= 0.6 is 49.9 Å². The third-order valence-corrected chi connectivity index (χ3v) is 11.2. The monoisotopic (exact) mass is 608 g/mol. The van der Waals surface area contributed by atoms with E-state index in [1.165, 1.54) is 113 Å². The summed E-state index contributed by atoms with van der Waals surface area (Å²) >= 11 is 9.77. The molecular formula is C31H45BrOS3. The SMILES string of the molecule is CCCCCCc1cc(-c2cc(CCCCCC)c(Cc3cc(CCCCCCO)cs3)s2)sc1Br. The molecule has 36 heavy (non-hydrogen) atoms. The molecule has 0 saturated heterocycles. The predicted molar refractivity (Wildman–Crippen MR) is 167 cm³/mol. The molecule has 1 N–H and O–H groups in total. The molecule has 0 spiro atoms. The molecule has 0 aromatic carbocycles. The third-order valence-electron chi connectivity index (χ3n) is 6.91. The maximum Gasteiger partial charge on any atom is 0.0737 e. The highest BCUT2D eigenvalue weighted by molar-refractivity contribution is 9.11. The molecule has 0 atom stereocenters. The minimum Gasteiger partial charge on any atom is -0.396 e. The molecule has 0 saturated carbocycles. The molecule has 0 aliphatic carbocycles. The van der Waals surface area contributed by atoms with Gasteiger partial charge in [-0.15, -0.1) is 34.0 Å². The first-order valence-corrected chi connectivity index (χ1v) is 17.5. The van der Waals surface area contributed by atoms with Crippen LogP contribution in [0, 0.1) is 0 Å². The van der Waals surface area contributed by atoms with Gasteiger partial charge in [-0.1, -0.05) is 65.2 Å². The number of hydrogen-bond acceptors (Lipinski definition) is 4. The summed E-state index contributed by atoms with van der Waals surface area (Å²) < 4.78 is 1.33. The van der Waals surface area contributed by atoms with E-state index in [1.807, 2.05) is 34.0 Å². The van der Waals surface area contributed by atoms with E-state index in [0.717, 1.165) is 19.3 Å². The number of halogens is 1. The molecular weight excluding hydrogens is 564 g/mol. The molecule has 0 fully saturated rings. The summed E-state index contributed by atoms with van der Waals surface area (Å²) in [6.45, 7) is 4.91. The van der Waals surface area contributed by atoms with Gasteiger partial charge in [0, 0.05) is 32.5 Å². The van der Waals surface area contributed by atoms with Crippen molar-refractivity contribution in [2.24, 2.45) is 0 Å². The van der Waals surface area contributed by atoms with Gasteiger partial charge in [0.15, 0.2) is 0 Å². The fraction of sp³-hybridized carbons (Fsp3) is 0.613. The van der Waals surface area contributed by atoms with Crippen LogP contribution in [0.2, 0.25) is 0 Å². The molecule has 3 heterocycles. The largest absolute Gasteiger partial charge is 0.396 e. The lowest BCUT2D eigenvalue weighted by atomic mass is 10.0. The minimum absolute atomic E-state index is 0.328. The van der Waals surface area contributed by atoms with Crippen molar-refractivity contribution < 1.29 is 5.11 Å². The summed E-state index contributed by atoms with van der Waals surface area (Å²) in [4.78, 5) is 5.98. The highest BCUT2D eigenvalue weighted by Gasteiger charge is 2.16. The number of unbranched alkanes of at least 4 members (excludes halogenated alkanes) is 9. The van der Waals surface area contributed by atoms with Crippen LogP contribution in [0.25, 0.3) is 9.75 Å². The Bertz CT molecular complexity index is 1000. The van der Waals surface area contributed by atoms with Crippen LogP contribution in [0.3, 0.4) is 0 Å². The van der Waals surface area contributed by atoms with Gasteiger partial charge < -0.3 is 5.11 Å². The number of hydrogen-bond donors (Lipinski definition) is 1. The van der Waals surface area contributed by atoms with E-state index in [9.17, 15) is 0 Å². The Morgan fingerprint density at radius 2 is 1.31 bits per heavy atom. The first-order chi connectivity index (χ1) is 17.6. The maximum atomic E-state index is 8.97. The second-order valence-electron chi connectivity index (χ2n) is 10.1. The van der Waals surface area contributed by atoms with Gasteiger partial charge in [-0.2, -0.15) is 0 Å². The second-order valence-corrected chi connectivity index (χ2v) is 14.6. The van der Waals surface area contributed by atoms with E-state index in [4.69, 9.17) is 5.11 Å². The van der Waals surface area contributed by atoms with Crippen molar-refractivity contribution in [3.63, 3.8) is 0 Å². The van der Waals surface area contributed by atoms with Crippen LogP contribution in [-0.2, 0) is 25.7 Å². The van der Waals surface area contributed by atoms with Crippen LogP contribution in [0.15, 0.2) is 27.4 Å². The zero-order valence-electron chi connectivity index (χ0n) is 22.4. The summed E-state index contributed by atoms with van der Waals surface area (Å²) in [5.41, 5.74) is 4.57. The summed E-state index contributed by atoms with van der Waals surface area (Å²) in [6, 6.07) is 7.42. The predicted octanol–water partition coefficient (Wildman–Crippen LogP) is 11.2. The van der Waals surface area contributed by atoms with Gasteiger partial charge >= 0.3 is 0 Å². The van der Waals surface area contributed by atoms with Crippen molar-refractivity contribution >= 4 is 49.9 Å². The molecule has 3 rings (SSSR count). The quantitative estimate of drug-likeness (QED) is 0.134. The molecule has 0 amide bonds. The fourth-order valence-electron chi connectivity index (χ4n) is 4.73. The minimum atomic E-state index is 0.328. The maximum absolute atomic E-state index is 8.97. The fourth-order valence-corrected chi connectivity index (χ4v) is 8.84. The van der Waals surface area contributed by atoms with E-state index >= 15 is 0 Å². The van der Waals surface area contributed by atoms with Gasteiger partial charge in [-0.3, -0.25) is 0 Å². The molecule has 0 radical (unpaired) electrons. The Morgan fingerprint density at radius 3 is 2.03 bits per heavy atom. The highest BCUT2D eigenvalue weighted by Crippen LogP contribution is 2.41. The molecule has 200 valence electrons. The molecule has 0 aliphatic heterocycles. The average Bonchev–Trinajstić information content (AvgIpc) is 3.59. The van der Waals surface area contributed by atoms with Crippen molar-refractivity contribution in [1.82, 2.24) is 0 Å². The number of aliphatic hydroxyl groups is 1. The van der Waals surface area contributed by atoms with Gasteiger partial charge in [-0.05, 0) is 101 Å². The molecule has 3 aromatic heterocycles. The summed E-state index contributed by atoms with van der Waals surface area (Å²) in [6.07, 6.45) is 19.8. The van der Waals surface area contributed by atoms with Gasteiger partial charge in [0.05, 0.1) is 3.79 Å². The average molecular weight is 610 g/mol. The molecule has 0 unspecified atom stereocenters. The molecule has 0 bridgehead atoms. The Kier molecular flexibility index (Phi) is 14.4. The number of aryl methyl sites for hydroxylation is 3. The normalized spacial score (nSPS) is 11.6. The summed E-state index contributed by atoms with van der Waals surface area (Å²) in [5.74, 6) is 0. The topological polar surface area (TPSA) is 20.2 Å². The first-order valence-electron chi connectivity index (χ1n) is 14.2. The van der Waals surface area contributed by atoms with E-state index < -0.39 is 0 Å². The first kappa shape index (κ1) is 30.1. The van der Waals surface area contributed by atoms with Crippen LogP contribution in [0.1, 0.15) is 117 Å². The lowest BCUT2D eigenvalue weighted by Crippen LogP contribution is -1.90. The standard InChI is InChI=1S/C31H45BrOS3/c1-3-5-7-12-16-25-20-29(30-21-26(31(32)36-30)17-13-8-6-4-2)35-28(25)22-27-19-24(23-34-27)15-11-9-10-14-18-33/h19-21,23,33H,3-18,22H2,1-2H3. The summed E-state index contributed by atoms with van der Waals surface area (Å²) in [7, 11) is 0. The zero-order valence-corrected chi connectivity index (χ0v) is 26.4. The van der Waals surface area contributed by atoms with E-state index in [2.05, 4.69) is 53.4 Å².